The van der Waals surface area contributed by atoms with Crippen LogP contribution in [0.3, 0.4) is 0 Å². The summed E-state index contributed by atoms with van der Waals surface area (Å²) in [5.41, 5.74) is 2.51. The van der Waals surface area contributed by atoms with Crippen LogP contribution >= 0.6 is 0 Å². The van der Waals surface area contributed by atoms with E-state index in [4.69, 9.17) is 9.47 Å². The normalized spacial score (nSPS) is 13.2. The van der Waals surface area contributed by atoms with Gasteiger partial charge in [-0.05, 0) is 30.3 Å². The van der Waals surface area contributed by atoms with Gasteiger partial charge in [-0.25, -0.2) is 4.98 Å². The van der Waals surface area contributed by atoms with E-state index in [1.165, 1.54) is 18.6 Å². The first-order chi connectivity index (χ1) is 12.7. The zero-order valence-electron chi connectivity index (χ0n) is 13.5. The number of imidazole rings is 1. The lowest BCUT2D eigenvalue weighted by molar-refractivity contribution is -0.384. The first-order valence-corrected chi connectivity index (χ1v) is 7.80. The highest BCUT2D eigenvalue weighted by atomic mass is 16.7. The zero-order valence-corrected chi connectivity index (χ0v) is 13.5. The molecule has 8 heteroatoms. The maximum absolute atomic E-state index is 11.5. The SMILES string of the molecule is O=[N+]([O-])c1cc(C2OC=CO2)ccc1Nc1cccc(-n2ccnc2)c1. The average molecular weight is 350 g/mol. The van der Waals surface area contributed by atoms with Gasteiger partial charge in [0.15, 0.2) is 0 Å². The zero-order chi connectivity index (χ0) is 17.9. The molecule has 0 bridgehead atoms. The molecule has 0 amide bonds. The van der Waals surface area contributed by atoms with Crippen LogP contribution in [0.5, 0.6) is 0 Å². The van der Waals surface area contributed by atoms with Crippen molar-refractivity contribution in [3.63, 3.8) is 0 Å². The molecule has 1 aliphatic heterocycles. The molecular weight excluding hydrogens is 336 g/mol. The lowest BCUT2D eigenvalue weighted by Crippen LogP contribution is -2.02. The first kappa shape index (κ1) is 15.7. The predicted molar refractivity (Wildman–Crippen MR) is 94.0 cm³/mol. The van der Waals surface area contributed by atoms with Gasteiger partial charge in [0.05, 0.1) is 11.3 Å². The summed E-state index contributed by atoms with van der Waals surface area (Å²) in [5.74, 6) is 0. The molecule has 0 spiro atoms. The molecule has 8 nitrogen and oxygen atoms in total. The molecule has 0 saturated carbocycles. The van der Waals surface area contributed by atoms with Crippen LogP contribution in [0.1, 0.15) is 11.9 Å². The Labute approximate surface area is 148 Å². The lowest BCUT2D eigenvalue weighted by atomic mass is 10.1. The van der Waals surface area contributed by atoms with Gasteiger partial charge in [0.25, 0.3) is 12.0 Å². The van der Waals surface area contributed by atoms with Gasteiger partial charge in [0.2, 0.25) is 0 Å². The Bertz CT molecular complexity index is 961. The molecule has 0 unspecified atom stereocenters. The van der Waals surface area contributed by atoms with Crippen LogP contribution in [0.25, 0.3) is 5.69 Å². The molecule has 2 aromatic carbocycles. The van der Waals surface area contributed by atoms with E-state index in [2.05, 4.69) is 10.3 Å². The molecule has 0 aliphatic carbocycles. The topological polar surface area (TPSA) is 91.5 Å². The molecule has 4 rings (SSSR count). The van der Waals surface area contributed by atoms with Gasteiger partial charge in [-0.2, -0.15) is 0 Å². The van der Waals surface area contributed by atoms with Gasteiger partial charge in [0, 0.05) is 35.4 Å². The van der Waals surface area contributed by atoms with Gasteiger partial charge in [-0.15, -0.1) is 0 Å². The molecular formula is C18H14N4O4. The van der Waals surface area contributed by atoms with Gasteiger partial charge >= 0.3 is 0 Å². The highest BCUT2D eigenvalue weighted by molar-refractivity contribution is 5.71. The van der Waals surface area contributed by atoms with Crippen LogP contribution in [0.2, 0.25) is 0 Å². The maximum Gasteiger partial charge on any atom is 0.293 e. The molecule has 0 radical (unpaired) electrons. The molecule has 0 saturated heterocycles. The number of hydrogen-bond donors (Lipinski definition) is 1. The summed E-state index contributed by atoms with van der Waals surface area (Å²) in [4.78, 5) is 15.1. The van der Waals surface area contributed by atoms with E-state index in [9.17, 15) is 10.1 Å². The summed E-state index contributed by atoms with van der Waals surface area (Å²) in [6.45, 7) is 0. The molecule has 26 heavy (non-hydrogen) atoms. The van der Waals surface area contributed by atoms with Crippen LogP contribution in [-0.2, 0) is 9.47 Å². The van der Waals surface area contributed by atoms with Crippen LogP contribution in [-0.4, -0.2) is 14.5 Å². The molecule has 1 aromatic heterocycles. The van der Waals surface area contributed by atoms with Crippen LogP contribution in [0.15, 0.2) is 73.7 Å². The van der Waals surface area contributed by atoms with Crippen LogP contribution in [0, 0.1) is 10.1 Å². The van der Waals surface area contributed by atoms with E-state index in [-0.39, 0.29) is 5.69 Å². The average Bonchev–Trinajstić information content (AvgIpc) is 3.36. The van der Waals surface area contributed by atoms with E-state index in [1.807, 2.05) is 35.0 Å². The monoisotopic (exact) mass is 350 g/mol. The van der Waals surface area contributed by atoms with Crippen molar-refractivity contribution in [3.05, 3.63) is 89.4 Å². The van der Waals surface area contributed by atoms with E-state index >= 15 is 0 Å². The molecule has 0 atom stereocenters. The first-order valence-electron chi connectivity index (χ1n) is 7.80. The number of nitro groups is 1. The van der Waals surface area contributed by atoms with Gasteiger partial charge in [0.1, 0.15) is 18.2 Å². The van der Waals surface area contributed by atoms with Crippen LogP contribution < -0.4 is 5.32 Å². The quantitative estimate of drug-likeness (QED) is 0.551. The van der Waals surface area contributed by atoms with E-state index in [1.54, 1.807) is 24.7 Å². The Hall–Kier alpha value is -3.81. The molecule has 130 valence electrons. The van der Waals surface area contributed by atoms with Crippen molar-refractivity contribution in [1.29, 1.82) is 0 Å². The fourth-order valence-corrected chi connectivity index (χ4v) is 2.66. The fraction of sp³-hybridized carbons (Fsp3) is 0.0556. The second-order valence-electron chi connectivity index (χ2n) is 5.56. The summed E-state index contributed by atoms with van der Waals surface area (Å²) >= 11 is 0. The molecule has 3 aromatic rings. The summed E-state index contributed by atoms with van der Waals surface area (Å²) in [5, 5.41) is 14.6. The van der Waals surface area contributed by atoms with Crippen molar-refractivity contribution in [2.45, 2.75) is 6.29 Å². The number of ether oxygens (including phenoxy) is 2. The van der Waals surface area contributed by atoms with Crippen molar-refractivity contribution in [2.75, 3.05) is 5.32 Å². The number of anilines is 2. The Morgan fingerprint density at radius 1 is 1.15 bits per heavy atom. The smallest absolute Gasteiger partial charge is 0.293 e. The highest BCUT2D eigenvalue weighted by Gasteiger charge is 2.22. The van der Waals surface area contributed by atoms with Crippen molar-refractivity contribution in [3.8, 4) is 5.69 Å². The Morgan fingerprint density at radius 3 is 2.73 bits per heavy atom. The molecule has 0 fully saturated rings. The second kappa shape index (κ2) is 6.60. The van der Waals surface area contributed by atoms with Gasteiger partial charge < -0.3 is 19.4 Å². The molecule has 2 heterocycles. The second-order valence-corrected chi connectivity index (χ2v) is 5.56. The molecule has 1 aliphatic rings. The Kier molecular flexibility index (Phi) is 3.98. The van der Waals surface area contributed by atoms with Crippen molar-refractivity contribution >= 4 is 17.1 Å². The summed E-state index contributed by atoms with van der Waals surface area (Å²) in [6.07, 6.45) is 7.35. The number of rotatable bonds is 5. The van der Waals surface area contributed by atoms with Crippen molar-refractivity contribution in [2.24, 2.45) is 0 Å². The summed E-state index contributed by atoms with van der Waals surface area (Å²) < 4.78 is 12.3. The standard InChI is InChI=1S/C18H14N4O4/c23-22(24)17-10-13(18-25-8-9-26-18)4-5-16(17)20-14-2-1-3-15(11-14)21-7-6-19-12-21/h1-12,18,20H. The molecule has 1 N–H and O–H groups in total. The number of hydrogen-bond acceptors (Lipinski definition) is 6. The third-order valence-electron chi connectivity index (χ3n) is 3.88. The highest BCUT2D eigenvalue weighted by Crippen LogP contribution is 2.33. The van der Waals surface area contributed by atoms with E-state index < -0.39 is 11.2 Å². The third-order valence-corrected chi connectivity index (χ3v) is 3.88. The minimum absolute atomic E-state index is 0.0605. The largest absolute Gasteiger partial charge is 0.455 e. The maximum atomic E-state index is 11.5. The number of nitro benzene ring substituents is 1. The predicted octanol–water partition coefficient (Wildman–Crippen LogP) is 4.04. The summed E-state index contributed by atoms with van der Waals surface area (Å²) in [6, 6.07) is 12.3. The number of nitrogens with one attached hydrogen (secondary N) is 1. The minimum atomic E-state index is -0.660. The van der Waals surface area contributed by atoms with Crippen molar-refractivity contribution in [1.82, 2.24) is 9.55 Å². The van der Waals surface area contributed by atoms with E-state index in [0.717, 1.165) is 11.4 Å². The van der Waals surface area contributed by atoms with Crippen molar-refractivity contribution < 1.29 is 14.4 Å². The lowest BCUT2D eigenvalue weighted by Gasteiger charge is -2.13. The fourth-order valence-electron chi connectivity index (χ4n) is 2.66. The Balaban J connectivity index is 1.63. The number of aromatic nitrogens is 2. The van der Waals surface area contributed by atoms with E-state index in [0.29, 0.717) is 11.3 Å². The number of nitrogens with zero attached hydrogens (tertiary/aromatic N) is 3. The number of benzene rings is 2. The summed E-state index contributed by atoms with van der Waals surface area (Å²) in [7, 11) is 0. The van der Waals surface area contributed by atoms with Crippen LogP contribution in [0.4, 0.5) is 17.1 Å². The minimum Gasteiger partial charge on any atom is -0.455 e. The van der Waals surface area contributed by atoms with Gasteiger partial charge in [-0.1, -0.05) is 6.07 Å². The third kappa shape index (κ3) is 3.07. The van der Waals surface area contributed by atoms with Gasteiger partial charge in [-0.3, -0.25) is 10.1 Å². The Morgan fingerprint density at radius 2 is 2.00 bits per heavy atom.